The molecule has 0 bridgehead atoms. The molecule has 0 aliphatic heterocycles. The third kappa shape index (κ3) is 4.40. The van der Waals surface area contributed by atoms with Crippen molar-refractivity contribution in [1.29, 1.82) is 0 Å². The highest BCUT2D eigenvalue weighted by Crippen LogP contribution is 2.33. The molecule has 1 aliphatic rings. The molecule has 96 valence electrons. The highest BCUT2D eigenvalue weighted by Gasteiger charge is 2.29. The van der Waals surface area contributed by atoms with Gasteiger partial charge in [0.15, 0.2) is 0 Å². The molecule has 1 saturated carbocycles. The van der Waals surface area contributed by atoms with E-state index in [1.54, 1.807) is 7.11 Å². The fraction of sp³-hybridized carbons (Fsp3) is 1.00. The van der Waals surface area contributed by atoms with Crippen molar-refractivity contribution in [3.05, 3.63) is 0 Å². The molecular weight excluding hydrogens is 202 g/mol. The molecule has 0 heterocycles. The van der Waals surface area contributed by atoms with E-state index in [1.165, 1.54) is 32.1 Å². The number of rotatable bonds is 7. The minimum Gasteiger partial charge on any atom is -0.382 e. The Morgan fingerprint density at radius 1 is 1.25 bits per heavy atom. The Kier molecular flexibility index (Phi) is 7.01. The average molecular weight is 229 g/mol. The van der Waals surface area contributed by atoms with Crippen LogP contribution in [0, 0.1) is 11.8 Å². The molecule has 1 rings (SSSR count). The number of methoxy groups -OCH3 is 1. The topological polar surface area (TPSA) is 44.5 Å². The van der Waals surface area contributed by atoms with Gasteiger partial charge in [0.05, 0.1) is 19.3 Å². The van der Waals surface area contributed by atoms with Crippen LogP contribution in [0.15, 0.2) is 0 Å². The van der Waals surface area contributed by atoms with E-state index in [-0.39, 0.29) is 0 Å². The van der Waals surface area contributed by atoms with Crippen molar-refractivity contribution in [2.75, 3.05) is 26.9 Å². The molecule has 0 saturated heterocycles. The van der Waals surface area contributed by atoms with Crippen molar-refractivity contribution >= 4 is 0 Å². The lowest BCUT2D eigenvalue weighted by atomic mass is 9.78. The molecule has 0 aromatic carbocycles. The predicted octanol–water partition coefficient (Wildman–Crippen LogP) is 2.19. The van der Waals surface area contributed by atoms with Crippen LogP contribution in [0.3, 0.4) is 0 Å². The van der Waals surface area contributed by atoms with E-state index in [9.17, 15) is 0 Å². The molecule has 16 heavy (non-hydrogen) atoms. The number of ether oxygens (including phenoxy) is 2. The fourth-order valence-corrected chi connectivity index (χ4v) is 2.70. The highest BCUT2D eigenvalue weighted by molar-refractivity contribution is 4.81. The summed E-state index contributed by atoms with van der Waals surface area (Å²) in [5.41, 5.74) is 5.81. The van der Waals surface area contributed by atoms with Crippen LogP contribution in [-0.4, -0.2) is 33.0 Å². The van der Waals surface area contributed by atoms with Crippen molar-refractivity contribution in [3.63, 3.8) is 0 Å². The van der Waals surface area contributed by atoms with Gasteiger partial charge in [-0.25, -0.2) is 0 Å². The van der Waals surface area contributed by atoms with Crippen LogP contribution in [0.5, 0.6) is 0 Å². The van der Waals surface area contributed by atoms with Crippen molar-refractivity contribution in [2.24, 2.45) is 17.6 Å². The molecule has 2 N–H and O–H groups in total. The third-order valence-corrected chi connectivity index (χ3v) is 3.66. The van der Waals surface area contributed by atoms with E-state index in [2.05, 4.69) is 6.92 Å². The predicted molar refractivity (Wildman–Crippen MR) is 66.4 cm³/mol. The quantitative estimate of drug-likeness (QED) is 0.681. The average Bonchev–Trinajstić information content (AvgIpc) is 2.30. The second-order valence-electron chi connectivity index (χ2n) is 4.87. The summed E-state index contributed by atoms with van der Waals surface area (Å²) >= 11 is 0. The standard InChI is InChI=1S/C13H27NO2/c1-3-4-11-5-6-12(10-14)13(9-11)16-8-7-15-2/h11-13H,3-10,14H2,1-2H3. The van der Waals surface area contributed by atoms with Crippen LogP contribution >= 0.6 is 0 Å². The second kappa shape index (κ2) is 8.04. The van der Waals surface area contributed by atoms with E-state index < -0.39 is 0 Å². The first kappa shape index (κ1) is 13.9. The molecule has 0 aromatic rings. The zero-order chi connectivity index (χ0) is 11.8. The maximum atomic E-state index is 5.90. The van der Waals surface area contributed by atoms with E-state index in [1.807, 2.05) is 0 Å². The van der Waals surface area contributed by atoms with Crippen LogP contribution in [0.25, 0.3) is 0 Å². The molecule has 3 atom stereocenters. The summed E-state index contributed by atoms with van der Waals surface area (Å²) in [5.74, 6) is 1.41. The van der Waals surface area contributed by atoms with E-state index in [4.69, 9.17) is 15.2 Å². The Hall–Kier alpha value is -0.120. The van der Waals surface area contributed by atoms with Gasteiger partial charge >= 0.3 is 0 Å². The zero-order valence-corrected chi connectivity index (χ0v) is 10.8. The SMILES string of the molecule is CCCC1CCC(CN)C(OCCOC)C1. The Morgan fingerprint density at radius 3 is 2.69 bits per heavy atom. The first-order valence-corrected chi connectivity index (χ1v) is 6.62. The Labute approximate surface area is 99.7 Å². The minimum atomic E-state index is 0.366. The third-order valence-electron chi connectivity index (χ3n) is 3.66. The van der Waals surface area contributed by atoms with E-state index in [0.717, 1.165) is 12.5 Å². The molecule has 0 aromatic heterocycles. The monoisotopic (exact) mass is 229 g/mol. The molecule has 3 unspecified atom stereocenters. The summed E-state index contributed by atoms with van der Waals surface area (Å²) in [5, 5.41) is 0. The summed E-state index contributed by atoms with van der Waals surface area (Å²) in [6.45, 7) is 4.41. The summed E-state index contributed by atoms with van der Waals surface area (Å²) in [6.07, 6.45) is 6.74. The zero-order valence-electron chi connectivity index (χ0n) is 10.8. The van der Waals surface area contributed by atoms with Gasteiger partial charge < -0.3 is 15.2 Å². The van der Waals surface area contributed by atoms with Crippen LogP contribution in [0.2, 0.25) is 0 Å². The number of nitrogens with two attached hydrogens (primary N) is 1. The molecule has 0 spiro atoms. The van der Waals surface area contributed by atoms with Gasteiger partial charge in [0.2, 0.25) is 0 Å². The fourth-order valence-electron chi connectivity index (χ4n) is 2.70. The molecule has 3 nitrogen and oxygen atoms in total. The molecule has 3 heteroatoms. The smallest absolute Gasteiger partial charge is 0.0704 e. The maximum absolute atomic E-state index is 5.90. The maximum Gasteiger partial charge on any atom is 0.0704 e. The minimum absolute atomic E-state index is 0.366. The van der Waals surface area contributed by atoms with Crippen molar-refractivity contribution in [3.8, 4) is 0 Å². The van der Waals surface area contributed by atoms with Gasteiger partial charge in [0, 0.05) is 7.11 Å². The van der Waals surface area contributed by atoms with Gasteiger partial charge in [-0.3, -0.25) is 0 Å². The molecule has 1 fully saturated rings. The summed E-state index contributed by atoms with van der Waals surface area (Å²) in [4.78, 5) is 0. The molecular formula is C13H27NO2. The van der Waals surface area contributed by atoms with Gasteiger partial charge in [0.1, 0.15) is 0 Å². The van der Waals surface area contributed by atoms with E-state index in [0.29, 0.717) is 25.2 Å². The molecule has 0 amide bonds. The molecule has 1 aliphatic carbocycles. The Balaban J connectivity index is 2.34. The van der Waals surface area contributed by atoms with Crippen LogP contribution < -0.4 is 5.73 Å². The second-order valence-corrected chi connectivity index (χ2v) is 4.87. The first-order valence-electron chi connectivity index (χ1n) is 6.62. The first-order chi connectivity index (χ1) is 7.81. The van der Waals surface area contributed by atoms with Crippen LogP contribution in [-0.2, 0) is 9.47 Å². The van der Waals surface area contributed by atoms with Crippen molar-refractivity contribution < 1.29 is 9.47 Å². The lowest BCUT2D eigenvalue weighted by Gasteiger charge is -2.35. The normalized spacial score (nSPS) is 30.6. The van der Waals surface area contributed by atoms with Gasteiger partial charge in [-0.05, 0) is 37.6 Å². The Bertz CT molecular complexity index is 175. The van der Waals surface area contributed by atoms with Crippen LogP contribution in [0.1, 0.15) is 39.0 Å². The lowest BCUT2D eigenvalue weighted by Crippen LogP contribution is -2.37. The van der Waals surface area contributed by atoms with Gasteiger partial charge in [0.25, 0.3) is 0 Å². The molecule has 0 radical (unpaired) electrons. The van der Waals surface area contributed by atoms with Gasteiger partial charge in [-0.15, -0.1) is 0 Å². The number of hydrogen-bond donors (Lipinski definition) is 1. The van der Waals surface area contributed by atoms with E-state index >= 15 is 0 Å². The van der Waals surface area contributed by atoms with Gasteiger partial charge in [-0.2, -0.15) is 0 Å². The van der Waals surface area contributed by atoms with Crippen molar-refractivity contribution in [1.82, 2.24) is 0 Å². The van der Waals surface area contributed by atoms with Crippen molar-refractivity contribution in [2.45, 2.75) is 45.1 Å². The van der Waals surface area contributed by atoms with Crippen LogP contribution in [0.4, 0.5) is 0 Å². The Morgan fingerprint density at radius 2 is 2.06 bits per heavy atom. The van der Waals surface area contributed by atoms with Gasteiger partial charge in [-0.1, -0.05) is 19.8 Å². The highest BCUT2D eigenvalue weighted by atomic mass is 16.5. The largest absolute Gasteiger partial charge is 0.382 e. The lowest BCUT2D eigenvalue weighted by molar-refractivity contribution is -0.0417. The summed E-state index contributed by atoms with van der Waals surface area (Å²) in [6, 6.07) is 0. The summed E-state index contributed by atoms with van der Waals surface area (Å²) < 4.78 is 10.9. The summed E-state index contributed by atoms with van der Waals surface area (Å²) in [7, 11) is 1.71. The number of hydrogen-bond acceptors (Lipinski definition) is 3.